The highest BCUT2D eigenvalue weighted by molar-refractivity contribution is 14.0. The minimum atomic E-state index is 0. The highest BCUT2D eigenvalue weighted by atomic mass is 127. The van der Waals surface area contributed by atoms with E-state index < -0.39 is 0 Å². The molecule has 0 aromatic rings. The molecule has 0 bridgehead atoms. The van der Waals surface area contributed by atoms with Crippen molar-refractivity contribution >= 4 is 29.9 Å². The number of hydrogen-bond acceptors (Lipinski definition) is 4. The standard InChI is InChI=1S/C22H44N4O2.HI/c1-5-19(6-2)20(26-12-15-28-16-13-26)17-24-21(23-3)25-18-22(11-14-27-4)9-7-8-10-22;/h19-20H,5-18H2,1-4H3,(H2,23,24,25);1H. The van der Waals surface area contributed by atoms with E-state index in [9.17, 15) is 0 Å². The predicted molar refractivity (Wildman–Crippen MR) is 132 cm³/mol. The Labute approximate surface area is 196 Å². The molecule has 1 aliphatic carbocycles. The van der Waals surface area contributed by atoms with Crippen LogP contribution in [0.4, 0.5) is 0 Å². The average molecular weight is 525 g/mol. The van der Waals surface area contributed by atoms with Crippen LogP contribution in [0.2, 0.25) is 0 Å². The van der Waals surface area contributed by atoms with Crippen molar-refractivity contribution in [1.29, 1.82) is 0 Å². The van der Waals surface area contributed by atoms with Crippen molar-refractivity contribution in [1.82, 2.24) is 15.5 Å². The maximum Gasteiger partial charge on any atom is 0.191 e. The summed E-state index contributed by atoms with van der Waals surface area (Å²) in [7, 11) is 3.69. The number of nitrogens with one attached hydrogen (secondary N) is 2. The minimum Gasteiger partial charge on any atom is -0.385 e. The Morgan fingerprint density at radius 3 is 2.34 bits per heavy atom. The van der Waals surface area contributed by atoms with Crippen LogP contribution in [0.3, 0.4) is 0 Å². The van der Waals surface area contributed by atoms with Gasteiger partial charge in [0.05, 0.1) is 13.2 Å². The smallest absolute Gasteiger partial charge is 0.191 e. The number of guanidine groups is 1. The zero-order chi connectivity index (χ0) is 20.2. The highest BCUT2D eigenvalue weighted by Crippen LogP contribution is 2.40. The van der Waals surface area contributed by atoms with Crippen LogP contribution in [0.15, 0.2) is 4.99 Å². The number of hydrogen-bond donors (Lipinski definition) is 2. The predicted octanol–water partition coefficient (Wildman–Crippen LogP) is 3.50. The quantitative estimate of drug-likeness (QED) is 0.246. The Morgan fingerprint density at radius 2 is 1.79 bits per heavy atom. The normalized spacial score (nSPS) is 21.1. The van der Waals surface area contributed by atoms with Crippen molar-refractivity contribution in [2.45, 2.75) is 64.8 Å². The first-order chi connectivity index (χ1) is 13.7. The van der Waals surface area contributed by atoms with Gasteiger partial charge in [-0.15, -0.1) is 24.0 Å². The zero-order valence-corrected chi connectivity index (χ0v) is 21.5. The van der Waals surface area contributed by atoms with Crippen LogP contribution in [0.5, 0.6) is 0 Å². The Morgan fingerprint density at radius 1 is 1.14 bits per heavy atom. The zero-order valence-electron chi connectivity index (χ0n) is 19.2. The Balaban J connectivity index is 0.00000420. The van der Waals surface area contributed by atoms with Gasteiger partial charge in [0.1, 0.15) is 0 Å². The molecule has 2 N–H and O–H groups in total. The van der Waals surface area contributed by atoms with Crippen LogP contribution in [0.1, 0.15) is 58.8 Å². The lowest BCUT2D eigenvalue weighted by Crippen LogP contribution is -2.54. The van der Waals surface area contributed by atoms with E-state index in [1.165, 1.54) is 38.5 Å². The highest BCUT2D eigenvalue weighted by Gasteiger charge is 2.33. The molecule has 0 aromatic carbocycles. The van der Waals surface area contributed by atoms with Gasteiger partial charge < -0.3 is 20.1 Å². The summed E-state index contributed by atoms with van der Waals surface area (Å²) in [6.45, 7) is 11.2. The molecule has 1 saturated heterocycles. The summed E-state index contributed by atoms with van der Waals surface area (Å²) >= 11 is 0. The molecule has 0 radical (unpaired) electrons. The van der Waals surface area contributed by atoms with E-state index in [2.05, 4.69) is 34.4 Å². The monoisotopic (exact) mass is 524 g/mol. The van der Waals surface area contributed by atoms with Gasteiger partial charge in [-0.05, 0) is 30.6 Å². The maximum atomic E-state index is 5.57. The van der Waals surface area contributed by atoms with Crippen molar-refractivity contribution in [3.63, 3.8) is 0 Å². The van der Waals surface area contributed by atoms with E-state index >= 15 is 0 Å². The lowest BCUT2D eigenvalue weighted by Gasteiger charge is -2.39. The fourth-order valence-corrected chi connectivity index (χ4v) is 4.99. The summed E-state index contributed by atoms with van der Waals surface area (Å²) in [5.74, 6) is 1.64. The molecule has 0 spiro atoms. The van der Waals surface area contributed by atoms with E-state index in [4.69, 9.17) is 9.47 Å². The third-order valence-corrected chi connectivity index (χ3v) is 6.94. The van der Waals surface area contributed by atoms with E-state index in [1.54, 1.807) is 7.11 Å². The molecule has 1 unspecified atom stereocenters. The molecule has 1 heterocycles. The third kappa shape index (κ3) is 8.50. The fourth-order valence-electron chi connectivity index (χ4n) is 4.99. The van der Waals surface area contributed by atoms with Crippen LogP contribution in [0, 0.1) is 11.3 Å². The number of ether oxygens (including phenoxy) is 2. The summed E-state index contributed by atoms with van der Waals surface area (Å²) < 4.78 is 10.9. The molecule has 1 atom stereocenters. The average Bonchev–Trinajstić information content (AvgIpc) is 3.21. The van der Waals surface area contributed by atoms with Crippen LogP contribution in [-0.2, 0) is 9.47 Å². The largest absolute Gasteiger partial charge is 0.385 e. The summed E-state index contributed by atoms with van der Waals surface area (Å²) in [4.78, 5) is 7.12. The topological polar surface area (TPSA) is 58.1 Å². The molecular formula is C22H45IN4O2. The van der Waals surface area contributed by atoms with Crippen molar-refractivity contribution in [3.8, 4) is 0 Å². The van der Waals surface area contributed by atoms with Crippen molar-refractivity contribution in [3.05, 3.63) is 0 Å². The molecule has 172 valence electrons. The van der Waals surface area contributed by atoms with Gasteiger partial charge in [0.2, 0.25) is 0 Å². The third-order valence-electron chi connectivity index (χ3n) is 6.94. The molecule has 6 nitrogen and oxygen atoms in total. The van der Waals surface area contributed by atoms with Crippen LogP contribution in [-0.4, -0.2) is 77.1 Å². The van der Waals surface area contributed by atoms with Gasteiger partial charge in [0.25, 0.3) is 0 Å². The first-order valence-electron chi connectivity index (χ1n) is 11.4. The van der Waals surface area contributed by atoms with Crippen LogP contribution >= 0.6 is 24.0 Å². The van der Waals surface area contributed by atoms with Gasteiger partial charge in [-0.1, -0.05) is 39.5 Å². The van der Waals surface area contributed by atoms with Crippen LogP contribution in [0.25, 0.3) is 0 Å². The molecule has 7 heteroatoms. The summed E-state index contributed by atoms with van der Waals surface area (Å²) in [6.07, 6.45) is 8.84. The van der Waals surface area contributed by atoms with E-state index in [1.807, 2.05) is 7.05 Å². The second kappa shape index (κ2) is 14.8. The first kappa shape index (κ1) is 26.9. The minimum absolute atomic E-state index is 0. The van der Waals surface area contributed by atoms with E-state index in [-0.39, 0.29) is 24.0 Å². The molecule has 0 amide bonds. The second-order valence-corrected chi connectivity index (χ2v) is 8.55. The molecule has 2 aliphatic rings. The molecule has 1 aliphatic heterocycles. The summed E-state index contributed by atoms with van der Waals surface area (Å²) in [5.41, 5.74) is 0.368. The number of nitrogens with zero attached hydrogens (tertiary/aromatic N) is 2. The van der Waals surface area contributed by atoms with Crippen molar-refractivity contribution < 1.29 is 9.47 Å². The Bertz CT molecular complexity index is 448. The maximum absolute atomic E-state index is 5.57. The molecule has 2 rings (SSSR count). The van der Waals surface area contributed by atoms with Crippen LogP contribution < -0.4 is 10.6 Å². The summed E-state index contributed by atoms with van der Waals surface area (Å²) in [6, 6.07) is 0.534. The lowest BCUT2D eigenvalue weighted by molar-refractivity contribution is 0.00271. The van der Waals surface area contributed by atoms with Gasteiger partial charge >= 0.3 is 0 Å². The Kier molecular flexibility index (Phi) is 13.7. The van der Waals surface area contributed by atoms with Gasteiger partial charge in [-0.2, -0.15) is 0 Å². The van der Waals surface area contributed by atoms with Gasteiger partial charge in [0.15, 0.2) is 5.96 Å². The number of methoxy groups -OCH3 is 1. The molecular weight excluding hydrogens is 479 g/mol. The van der Waals surface area contributed by atoms with E-state index in [0.717, 1.165) is 58.4 Å². The van der Waals surface area contributed by atoms with E-state index in [0.29, 0.717) is 17.4 Å². The van der Waals surface area contributed by atoms with Gasteiger partial charge in [-0.3, -0.25) is 9.89 Å². The molecule has 29 heavy (non-hydrogen) atoms. The van der Waals surface area contributed by atoms with Gasteiger partial charge in [0, 0.05) is 53.0 Å². The van der Waals surface area contributed by atoms with Crippen molar-refractivity contribution in [2.75, 3.05) is 60.2 Å². The SMILES string of the molecule is CCC(CC)C(CNC(=NC)NCC1(CCOC)CCCC1)N1CCOCC1.I. The number of rotatable bonds is 11. The molecule has 1 saturated carbocycles. The second-order valence-electron chi connectivity index (χ2n) is 8.55. The number of aliphatic imine (C=N–C) groups is 1. The number of halogens is 1. The first-order valence-corrected chi connectivity index (χ1v) is 11.4. The fraction of sp³-hybridized carbons (Fsp3) is 0.955. The van der Waals surface area contributed by atoms with Crippen molar-refractivity contribution in [2.24, 2.45) is 16.3 Å². The Hall–Kier alpha value is -0.120. The number of morpholine rings is 1. The molecule has 2 fully saturated rings. The lowest BCUT2D eigenvalue weighted by atomic mass is 9.83. The molecule has 0 aromatic heterocycles. The summed E-state index contributed by atoms with van der Waals surface area (Å²) in [5, 5.41) is 7.27. The van der Waals surface area contributed by atoms with Gasteiger partial charge in [-0.25, -0.2) is 0 Å².